The zero-order valence-corrected chi connectivity index (χ0v) is 24.4. The number of thioether (sulfide) groups is 1. The van der Waals surface area contributed by atoms with Gasteiger partial charge in [0.15, 0.2) is 4.38 Å². The Balaban J connectivity index is 3.22. The van der Waals surface area contributed by atoms with E-state index >= 15 is 0 Å². The first kappa shape index (κ1) is 30.2. The molecule has 0 heterocycles. The molecule has 0 saturated heterocycles. The van der Waals surface area contributed by atoms with Gasteiger partial charge in [-0.3, -0.25) is 9.05 Å². The molecule has 0 aliphatic carbocycles. The highest BCUT2D eigenvalue weighted by Gasteiger charge is 2.24. The second kappa shape index (κ2) is 16.0. The number of nitrogens with zero attached hydrogens (tertiary/aromatic N) is 2. The summed E-state index contributed by atoms with van der Waals surface area (Å²) in [5.41, 5.74) is -1.12. The minimum absolute atomic E-state index is 0.400. The number of rotatable bonds is 14. The van der Waals surface area contributed by atoms with Crippen LogP contribution in [0.3, 0.4) is 0 Å². The normalized spacial score (nSPS) is 13.4. The quantitative estimate of drug-likeness (QED) is 0.102. The van der Waals surface area contributed by atoms with Crippen LogP contribution in [0.15, 0.2) is 34.5 Å². The Hall–Kier alpha value is 0.200. The first-order chi connectivity index (χ1) is 15.3. The lowest BCUT2D eigenvalue weighted by Gasteiger charge is -2.22. The van der Waals surface area contributed by atoms with Crippen molar-refractivity contribution >= 4 is 69.3 Å². The summed E-state index contributed by atoms with van der Waals surface area (Å²) in [5, 5.41) is 8.89. The van der Waals surface area contributed by atoms with Gasteiger partial charge in [-0.05, 0) is 75.7 Å². The molecular formula is C19H32N2O5P2S4. The van der Waals surface area contributed by atoms with Gasteiger partial charge in [0.05, 0.1) is 32.1 Å². The predicted octanol–water partition coefficient (Wildman–Crippen LogP) is 7.23. The summed E-state index contributed by atoms with van der Waals surface area (Å²) < 4.78 is 29.4. The van der Waals surface area contributed by atoms with Crippen molar-refractivity contribution in [2.45, 2.75) is 41.5 Å². The molecule has 0 aliphatic heterocycles. The molecule has 0 amide bonds. The van der Waals surface area contributed by atoms with E-state index in [2.05, 4.69) is 10.2 Å². The van der Waals surface area contributed by atoms with Crippen LogP contribution in [0, 0.1) is 0 Å². The zero-order valence-electron chi connectivity index (χ0n) is 19.3. The molecule has 0 atom stereocenters. The Labute approximate surface area is 210 Å². The highest BCUT2D eigenvalue weighted by molar-refractivity contribution is 8.78. The highest BCUT2D eigenvalue weighted by Crippen LogP contribution is 2.62. The van der Waals surface area contributed by atoms with Crippen molar-refractivity contribution in [1.29, 1.82) is 0 Å². The van der Waals surface area contributed by atoms with E-state index in [0.29, 0.717) is 42.3 Å². The molecule has 0 radical (unpaired) electrons. The van der Waals surface area contributed by atoms with Gasteiger partial charge in [0.25, 0.3) is 5.69 Å². The Morgan fingerprint density at radius 1 is 0.875 bits per heavy atom. The average Bonchev–Trinajstić information content (AvgIpc) is 2.73. The van der Waals surface area contributed by atoms with Crippen molar-refractivity contribution in [3.05, 3.63) is 29.8 Å². The lowest BCUT2D eigenvalue weighted by molar-refractivity contribution is 0.218. The molecule has 1 aromatic carbocycles. The van der Waals surface area contributed by atoms with E-state index in [1.54, 1.807) is 11.8 Å². The summed E-state index contributed by atoms with van der Waals surface area (Å²) in [7, 11) is 0. The Morgan fingerprint density at radius 2 is 1.44 bits per heavy atom. The fraction of sp³-hybridized carbons (Fsp3) is 0.579. The lowest BCUT2D eigenvalue weighted by atomic mass is 10.1. The van der Waals surface area contributed by atoms with E-state index in [1.165, 1.54) is 11.4 Å². The highest BCUT2D eigenvalue weighted by atomic mass is 32.9. The van der Waals surface area contributed by atoms with Gasteiger partial charge in [-0.25, -0.2) is 0 Å². The van der Waals surface area contributed by atoms with Gasteiger partial charge >= 0.3 is 6.72 Å². The van der Waals surface area contributed by atoms with E-state index in [-0.39, 0.29) is 0 Å². The third-order valence-electron chi connectivity index (χ3n) is 3.38. The zero-order chi connectivity index (χ0) is 24.0. The fourth-order valence-corrected chi connectivity index (χ4v) is 11.0. The Morgan fingerprint density at radius 3 is 1.97 bits per heavy atom. The van der Waals surface area contributed by atoms with Crippen LogP contribution in [0.5, 0.6) is 5.75 Å². The summed E-state index contributed by atoms with van der Waals surface area (Å²) in [6.07, 6.45) is 0. The average molecular weight is 559 g/mol. The van der Waals surface area contributed by atoms with Crippen LogP contribution in [-0.2, 0) is 41.7 Å². The van der Waals surface area contributed by atoms with Gasteiger partial charge in [-0.1, -0.05) is 30.8 Å². The molecule has 0 bridgehead atoms. The minimum Gasteiger partial charge on any atom is -0.423 e. The fourth-order valence-electron chi connectivity index (χ4n) is 2.24. The molecule has 1 aromatic rings. The van der Waals surface area contributed by atoms with Crippen LogP contribution in [0.2, 0.25) is 0 Å². The van der Waals surface area contributed by atoms with Crippen LogP contribution in [0.4, 0.5) is 0 Å². The molecule has 0 N–H and O–H groups in total. The van der Waals surface area contributed by atoms with Crippen molar-refractivity contribution in [2.75, 3.05) is 32.2 Å². The van der Waals surface area contributed by atoms with Crippen LogP contribution in [-0.4, -0.2) is 42.3 Å². The molecule has 0 aliphatic rings. The van der Waals surface area contributed by atoms with Crippen molar-refractivity contribution in [3.63, 3.8) is 0 Å². The molecule has 1 rings (SSSR count). The van der Waals surface area contributed by atoms with Gasteiger partial charge < -0.3 is 13.6 Å². The molecule has 32 heavy (non-hydrogen) atoms. The maximum absolute atomic E-state index is 6.02. The van der Waals surface area contributed by atoms with Gasteiger partial charge in [-0.2, -0.15) is 5.10 Å². The van der Waals surface area contributed by atoms with Crippen molar-refractivity contribution < 1.29 is 22.6 Å². The van der Waals surface area contributed by atoms with E-state index in [1.807, 2.05) is 65.8 Å². The number of hydrogen-bond donors (Lipinski definition) is 0. The summed E-state index contributed by atoms with van der Waals surface area (Å²) in [4.78, 5) is 0. The molecule has 0 aromatic heterocycles. The van der Waals surface area contributed by atoms with Gasteiger partial charge in [-0.15, -0.1) is 5.10 Å². The van der Waals surface area contributed by atoms with Gasteiger partial charge in [0.2, 0.25) is 0 Å². The van der Waals surface area contributed by atoms with E-state index < -0.39 is 12.4 Å². The topological polar surface area (TPSA) is 70.9 Å². The molecule has 0 spiro atoms. The maximum Gasteiger partial charge on any atom is 0.380 e. The third-order valence-corrected chi connectivity index (χ3v) is 12.1. The molecule has 7 nitrogen and oxygen atoms in total. The molecule has 0 fully saturated rings. The van der Waals surface area contributed by atoms with Crippen molar-refractivity contribution in [3.8, 4) is 5.75 Å². The summed E-state index contributed by atoms with van der Waals surface area (Å²) in [6.45, 7) is 10.3. The minimum atomic E-state index is -2.91. The van der Waals surface area contributed by atoms with Crippen molar-refractivity contribution in [1.82, 2.24) is 0 Å². The van der Waals surface area contributed by atoms with Crippen LogP contribution < -0.4 is 4.52 Å². The molecule has 13 heteroatoms. The summed E-state index contributed by atoms with van der Waals surface area (Å²) in [5.74, 6) is 1.36. The van der Waals surface area contributed by atoms with Crippen LogP contribution >= 0.6 is 35.6 Å². The molecule has 0 unspecified atom stereocenters. The molecule has 182 valence electrons. The number of benzene rings is 1. The SMILES string of the molecule is CCOP(=S)(OCC)Oc1ccccc1/C(C)=N/N=C(\SCC)SP(=S)(OCC)OCC. The molecule has 0 saturated carbocycles. The first-order valence-corrected chi connectivity index (χ1v) is 17.9. The van der Waals surface area contributed by atoms with Crippen molar-refractivity contribution in [2.24, 2.45) is 10.2 Å². The Bertz CT molecular complexity index is 850. The van der Waals surface area contributed by atoms with E-state index in [4.69, 9.17) is 46.2 Å². The summed E-state index contributed by atoms with van der Waals surface area (Å²) >= 11 is 14.0. The van der Waals surface area contributed by atoms with E-state index in [0.717, 1.165) is 11.3 Å². The smallest absolute Gasteiger partial charge is 0.380 e. The monoisotopic (exact) mass is 558 g/mol. The van der Waals surface area contributed by atoms with Gasteiger partial charge in [0.1, 0.15) is 5.75 Å². The Kier molecular flexibility index (Phi) is 15.1. The third kappa shape index (κ3) is 10.6. The van der Waals surface area contributed by atoms with Gasteiger partial charge in [0, 0.05) is 17.4 Å². The standard InChI is InChI=1S/C19H32N2O5P2S4/c1-7-22-27(29,23-8-2)26-18-15-13-12-14-17(18)16(6)20-21-19(31-11-5)32-28(30,24-9-3)25-10-4/h12-15H,7-11H2,1-6H3/b20-16+,21-19+. The lowest BCUT2D eigenvalue weighted by Crippen LogP contribution is -2.05. The van der Waals surface area contributed by atoms with E-state index in [9.17, 15) is 0 Å². The number of hydrogen-bond acceptors (Lipinski definition) is 11. The largest absolute Gasteiger partial charge is 0.423 e. The summed E-state index contributed by atoms with van der Waals surface area (Å²) in [6, 6.07) is 7.47. The second-order valence-corrected chi connectivity index (χ2v) is 16.3. The maximum atomic E-state index is 6.02. The first-order valence-electron chi connectivity index (χ1n) is 10.3. The van der Waals surface area contributed by atoms with Crippen LogP contribution in [0.25, 0.3) is 0 Å². The molecular weight excluding hydrogens is 526 g/mol. The second-order valence-electron chi connectivity index (χ2n) is 5.73. The van der Waals surface area contributed by atoms with Crippen LogP contribution in [0.1, 0.15) is 47.1 Å². The number of para-hydroxylation sites is 1. The predicted molar refractivity (Wildman–Crippen MR) is 148 cm³/mol.